The third kappa shape index (κ3) is 2.93. The molecular weight excluding hydrogens is 313 g/mol. The Morgan fingerprint density at radius 1 is 1.17 bits per heavy atom. The standard InChI is InChI=1S/C16H18FN5O2/c1-11-14-15(21(5-7-23)6-8-24)18-10-19-16(14)22(20-11)13-4-2-3-12(17)9-13/h2-4,9-10,23-24H,5-8H2,1H3. The molecule has 3 aromatic rings. The predicted octanol–water partition coefficient (Wildman–Crippen LogP) is 1.05. The van der Waals surface area contributed by atoms with Crippen LogP contribution in [0.15, 0.2) is 30.6 Å². The van der Waals surface area contributed by atoms with Gasteiger partial charge in [-0.15, -0.1) is 0 Å². The first-order chi connectivity index (χ1) is 11.7. The average Bonchev–Trinajstić information content (AvgIpc) is 2.92. The molecule has 0 unspecified atom stereocenters. The summed E-state index contributed by atoms with van der Waals surface area (Å²) in [6, 6.07) is 6.11. The van der Waals surface area contributed by atoms with Gasteiger partial charge in [-0.2, -0.15) is 5.10 Å². The zero-order chi connectivity index (χ0) is 17.1. The van der Waals surface area contributed by atoms with Crippen molar-refractivity contribution in [1.82, 2.24) is 19.7 Å². The SMILES string of the molecule is Cc1nn(-c2cccc(F)c2)c2ncnc(N(CCO)CCO)c12. The highest BCUT2D eigenvalue weighted by molar-refractivity contribution is 5.90. The van der Waals surface area contributed by atoms with Crippen LogP contribution in [0, 0.1) is 12.7 Å². The molecule has 7 nitrogen and oxygen atoms in total. The van der Waals surface area contributed by atoms with E-state index in [2.05, 4.69) is 15.1 Å². The molecule has 2 heterocycles. The average molecular weight is 331 g/mol. The fourth-order valence-corrected chi connectivity index (χ4v) is 2.69. The summed E-state index contributed by atoms with van der Waals surface area (Å²) in [6.45, 7) is 2.35. The maximum Gasteiger partial charge on any atom is 0.168 e. The van der Waals surface area contributed by atoms with E-state index in [4.69, 9.17) is 0 Å². The van der Waals surface area contributed by atoms with Gasteiger partial charge in [0.1, 0.15) is 18.0 Å². The van der Waals surface area contributed by atoms with Gasteiger partial charge in [0.25, 0.3) is 0 Å². The van der Waals surface area contributed by atoms with Crippen molar-refractivity contribution in [1.29, 1.82) is 0 Å². The number of aliphatic hydroxyl groups excluding tert-OH is 2. The molecule has 0 atom stereocenters. The smallest absolute Gasteiger partial charge is 0.168 e. The lowest BCUT2D eigenvalue weighted by Crippen LogP contribution is -2.30. The monoisotopic (exact) mass is 331 g/mol. The van der Waals surface area contributed by atoms with Crippen molar-refractivity contribution in [2.45, 2.75) is 6.92 Å². The maximum atomic E-state index is 13.5. The molecule has 0 bridgehead atoms. The van der Waals surface area contributed by atoms with E-state index in [9.17, 15) is 14.6 Å². The second-order valence-corrected chi connectivity index (χ2v) is 5.31. The van der Waals surface area contributed by atoms with Crippen molar-refractivity contribution in [2.75, 3.05) is 31.2 Å². The number of halogens is 1. The van der Waals surface area contributed by atoms with Crippen LogP contribution in [-0.2, 0) is 0 Å². The van der Waals surface area contributed by atoms with Crippen molar-refractivity contribution in [3.63, 3.8) is 0 Å². The number of hydrogen-bond donors (Lipinski definition) is 2. The van der Waals surface area contributed by atoms with Crippen molar-refractivity contribution in [3.05, 3.63) is 42.1 Å². The quantitative estimate of drug-likeness (QED) is 0.702. The van der Waals surface area contributed by atoms with Gasteiger partial charge in [-0.1, -0.05) is 6.07 Å². The molecule has 0 amide bonds. The fraction of sp³-hybridized carbons (Fsp3) is 0.312. The molecule has 8 heteroatoms. The molecule has 2 aromatic heterocycles. The van der Waals surface area contributed by atoms with Gasteiger partial charge in [-0.3, -0.25) is 0 Å². The number of fused-ring (bicyclic) bond motifs is 1. The third-order valence-electron chi connectivity index (χ3n) is 3.71. The summed E-state index contributed by atoms with van der Waals surface area (Å²) >= 11 is 0. The van der Waals surface area contributed by atoms with Gasteiger partial charge in [-0.05, 0) is 25.1 Å². The first-order valence-electron chi connectivity index (χ1n) is 7.58. The van der Waals surface area contributed by atoms with Crippen molar-refractivity contribution in [2.24, 2.45) is 0 Å². The number of aryl methyl sites for hydroxylation is 1. The van der Waals surface area contributed by atoms with E-state index in [1.165, 1.54) is 18.5 Å². The van der Waals surface area contributed by atoms with E-state index in [-0.39, 0.29) is 19.0 Å². The molecule has 126 valence electrons. The Labute approximate surface area is 138 Å². The Hall–Kier alpha value is -2.58. The molecule has 0 saturated carbocycles. The number of aromatic nitrogens is 4. The zero-order valence-corrected chi connectivity index (χ0v) is 13.2. The number of nitrogens with zero attached hydrogens (tertiary/aromatic N) is 5. The third-order valence-corrected chi connectivity index (χ3v) is 3.71. The highest BCUT2D eigenvalue weighted by Gasteiger charge is 2.19. The number of benzene rings is 1. The van der Waals surface area contributed by atoms with Crippen LogP contribution in [0.5, 0.6) is 0 Å². The van der Waals surface area contributed by atoms with Crippen LogP contribution in [0.2, 0.25) is 0 Å². The Morgan fingerprint density at radius 3 is 2.58 bits per heavy atom. The fourth-order valence-electron chi connectivity index (χ4n) is 2.69. The molecule has 24 heavy (non-hydrogen) atoms. The molecule has 0 fully saturated rings. The summed E-state index contributed by atoms with van der Waals surface area (Å²) in [4.78, 5) is 10.4. The largest absolute Gasteiger partial charge is 0.395 e. The van der Waals surface area contributed by atoms with E-state index >= 15 is 0 Å². The molecule has 3 rings (SSSR count). The summed E-state index contributed by atoms with van der Waals surface area (Å²) in [5, 5.41) is 23.7. The van der Waals surface area contributed by atoms with Crippen LogP contribution >= 0.6 is 0 Å². The molecule has 0 saturated heterocycles. The molecule has 0 aliphatic heterocycles. The van der Waals surface area contributed by atoms with E-state index in [0.29, 0.717) is 41.3 Å². The predicted molar refractivity (Wildman–Crippen MR) is 87.7 cm³/mol. The number of rotatable bonds is 6. The van der Waals surface area contributed by atoms with Gasteiger partial charge < -0.3 is 15.1 Å². The van der Waals surface area contributed by atoms with E-state index < -0.39 is 0 Å². The summed E-state index contributed by atoms with van der Waals surface area (Å²) in [5.41, 5.74) is 1.79. The van der Waals surface area contributed by atoms with Crippen LogP contribution in [0.1, 0.15) is 5.69 Å². The van der Waals surface area contributed by atoms with Crippen LogP contribution in [0.25, 0.3) is 16.7 Å². The molecular formula is C16H18FN5O2. The maximum absolute atomic E-state index is 13.5. The zero-order valence-electron chi connectivity index (χ0n) is 13.2. The van der Waals surface area contributed by atoms with Crippen LogP contribution < -0.4 is 4.90 Å². The summed E-state index contributed by atoms with van der Waals surface area (Å²) in [7, 11) is 0. The molecule has 0 aliphatic carbocycles. The van der Waals surface area contributed by atoms with E-state index in [0.717, 1.165) is 0 Å². The minimum Gasteiger partial charge on any atom is -0.395 e. The van der Waals surface area contributed by atoms with E-state index in [1.54, 1.807) is 21.7 Å². The summed E-state index contributed by atoms with van der Waals surface area (Å²) in [6.07, 6.45) is 1.40. The van der Waals surface area contributed by atoms with Crippen molar-refractivity contribution < 1.29 is 14.6 Å². The lowest BCUT2D eigenvalue weighted by Gasteiger charge is -2.22. The molecule has 0 radical (unpaired) electrons. The summed E-state index contributed by atoms with van der Waals surface area (Å²) < 4.78 is 15.1. The highest BCUT2D eigenvalue weighted by Crippen LogP contribution is 2.27. The Kier molecular flexibility index (Phi) is 4.68. The number of hydrogen-bond acceptors (Lipinski definition) is 6. The molecule has 1 aromatic carbocycles. The van der Waals surface area contributed by atoms with Gasteiger partial charge in [0.2, 0.25) is 0 Å². The van der Waals surface area contributed by atoms with Gasteiger partial charge in [-0.25, -0.2) is 19.0 Å². The lowest BCUT2D eigenvalue weighted by atomic mass is 10.2. The van der Waals surface area contributed by atoms with Crippen LogP contribution in [0.3, 0.4) is 0 Å². The Balaban J connectivity index is 2.18. The van der Waals surface area contributed by atoms with Gasteiger partial charge in [0.05, 0.1) is 30.0 Å². The first kappa shape index (κ1) is 16.3. The normalized spacial score (nSPS) is 11.2. The van der Waals surface area contributed by atoms with Gasteiger partial charge in [0, 0.05) is 13.1 Å². The summed E-state index contributed by atoms with van der Waals surface area (Å²) in [5.74, 6) is 0.230. The van der Waals surface area contributed by atoms with Gasteiger partial charge >= 0.3 is 0 Å². The Morgan fingerprint density at radius 2 is 1.92 bits per heavy atom. The topological polar surface area (TPSA) is 87.3 Å². The van der Waals surface area contributed by atoms with Gasteiger partial charge in [0.15, 0.2) is 5.65 Å². The second-order valence-electron chi connectivity index (χ2n) is 5.31. The first-order valence-corrected chi connectivity index (χ1v) is 7.58. The number of aliphatic hydroxyl groups is 2. The minimum absolute atomic E-state index is 0.0669. The lowest BCUT2D eigenvalue weighted by molar-refractivity contribution is 0.281. The van der Waals surface area contributed by atoms with E-state index in [1.807, 2.05) is 6.92 Å². The van der Waals surface area contributed by atoms with Crippen LogP contribution in [-0.4, -0.2) is 56.3 Å². The molecule has 2 N–H and O–H groups in total. The van der Waals surface area contributed by atoms with Crippen molar-refractivity contribution in [3.8, 4) is 5.69 Å². The molecule has 0 aliphatic rings. The van der Waals surface area contributed by atoms with Crippen LogP contribution in [0.4, 0.5) is 10.2 Å². The van der Waals surface area contributed by atoms with Crippen molar-refractivity contribution >= 4 is 16.9 Å². The number of anilines is 1. The Bertz CT molecular complexity index is 846. The second kappa shape index (κ2) is 6.90. The molecule has 0 spiro atoms. The minimum atomic E-state index is -0.356. The highest BCUT2D eigenvalue weighted by atomic mass is 19.1.